The van der Waals surface area contributed by atoms with Crippen molar-refractivity contribution in [2.75, 3.05) is 18.2 Å². The Kier molecular flexibility index (Phi) is 5.59. The first-order valence-corrected chi connectivity index (χ1v) is 8.84. The molecule has 2 aromatic heterocycles. The lowest BCUT2D eigenvalue weighted by Gasteiger charge is -2.08. The Morgan fingerprint density at radius 2 is 2.07 bits per heavy atom. The van der Waals surface area contributed by atoms with Crippen LogP contribution in [-0.4, -0.2) is 38.3 Å². The van der Waals surface area contributed by atoms with Crippen molar-refractivity contribution in [1.29, 1.82) is 0 Å². The first-order chi connectivity index (χ1) is 13.7. The Hall–Kier alpha value is -3.35. The van der Waals surface area contributed by atoms with Crippen molar-refractivity contribution in [1.82, 2.24) is 14.6 Å². The molecule has 0 saturated heterocycles. The average Bonchev–Trinajstić information content (AvgIpc) is 3.08. The number of thioether (sulfide) groups is 1. The summed E-state index contributed by atoms with van der Waals surface area (Å²) in [6, 6.07) is 5.98. The Bertz CT molecular complexity index is 1090. The predicted molar refractivity (Wildman–Crippen MR) is 97.0 cm³/mol. The number of hydrogen-bond acceptors (Lipinski definition) is 7. The molecule has 0 spiro atoms. The maximum Gasteiger partial charge on any atom is 0.417 e. The smallest absolute Gasteiger partial charge is 0.417 e. The van der Waals surface area contributed by atoms with Crippen molar-refractivity contribution in [3.8, 4) is 5.75 Å². The maximum atomic E-state index is 12.9. The van der Waals surface area contributed by atoms with E-state index in [2.05, 4.69) is 15.5 Å². The SMILES string of the molecule is COc1ccc(NC(=O)CSc2nnc3ccc(C(F)(F)F)cn23)c([N+](=O)[O-])c1. The molecule has 3 aromatic rings. The number of nitro benzene ring substituents is 1. The van der Waals surface area contributed by atoms with Gasteiger partial charge in [-0.3, -0.25) is 19.3 Å². The highest BCUT2D eigenvalue weighted by atomic mass is 32.2. The quantitative estimate of drug-likeness (QED) is 0.365. The van der Waals surface area contributed by atoms with Crippen LogP contribution in [-0.2, 0) is 11.0 Å². The largest absolute Gasteiger partial charge is 0.496 e. The van der Waals surface area contributed by atoms with E-state index in [1.807, 2.05) is 0 Å². The van der Waals surface area contributed by atoms with E-state index in [0.717, 1.165) is 34.5 Å². The van der Waals surface area contributed by atoms with Gasteiger partial charge in [-0.25, -0.2) is 0 Å². The van der Waals surface area contributed by atoms with Crippen molar-refractivity contribution >= 4 is 34.7 Å². The van der Waals surface area contributed by atoms with Crippen LogP contribution in [0.1, 0.15) is 5.56 Å². The summed E-state index contributed by atoms with van der Waals surface area (Å²) in [5.74, 6) is -0.605. The molecular weight excluding hydrogens is 415 g/mol. The number of nitrogens with zero attached hydrogens (tertiary/aromatic N) is 4. The molecule has 152 valence electrons. The standard InChI is InChI=1S/C16H12F3N5O4S/c1-28-10-3-4-11(12(6-10)24(26)27)20-14(25)8-29-15-22-21-13-5-2-9(7-23(13)15)16(17,18)19/h2-7H,8H2,1H3,(H,20,25). The fraction of sp³-hybridized carbons (Fsp3) is 0.188. The summed E-state index contributed by atoms with van der Waals surface area (Å²) in [5.41, 5.74) is -1.09. The van der Waals surface area contributed by atoms with Gasteiger partial charge in [-0.05, 0) is 24.3 Å². The summed E-state index contributed by atoms with van der Waals surface area (Å²) in [7, 11) is 1.35. The van der Waals surface area contributed by atoms with Crippen LogP contribution >= 0.6 is 11.8 Å². The molecule has 3 rings (SSSR count). The molecule has 0 atom stereocenters. The number of benzene rings is 1. The van der Waals surface area contributed by atoms with Crippen LogP contribution in [0.3, 0.4) is 0 Å². The number of methoxy groups -OCH3 is 1. The highest BCUT2D eigenvalue weighted by Gasteiger charge is 2.31. The van der Waals surface area contributed by atoms with Gasteiger partial charge >= 0.3 is 6.18 Å². The average molecular weight is 427 g/mol. The number of hydrogen-bond donors (Lipinski definition) is 1. The molecule has 1 N–H and O–H groups in total. The number of ether oxygens (including phenoxy) is 1. The molecule has 2 heterocycles. The van der Waals surface area contributed by atoms with Gasteiger partial charge in [0, 0.05) is 6.20 Å². The summed E-state index contributed by atoms with van der Waals surface area (Å²) in [6.07, 6.45) is -3.70. The number of pyridine rings is 1. The second kappa shape index (κ2) is 7.95. The number of carbonyl (C=O) groups excluding carboxylic acids is 1. The number of alkyl halides is 3. The van der Waals surface area contributed by atoms with Crippen molar-refractivity contribution in [2.45, 2.75) is 11.3 Å². The zero-order chi connectivity index (χ0) is 21.2. The zero-order valence-corrected chi connectivity index (χ0v) is 15.5. The molecule has 0 bridgehead atoms. The molecule has 0 saturated carbocycles. The number of aromatic nitrogens is 3. The Balaban J connectivity index is 1.74. The topological polar surface area (TPSA) is 112 Å². The molecule has 0 fully saturated rings. The van der Waals surface area contributed by atoms with Crippen LogP contribution in [0.4, 0.5) is 24.5 Å². The fourth-order valence-corrected chi connectivity index (χ4v) is 3.06. The van der Waals surface area contributed by atoms with Gasteiger partial charge in [0.05, 0.1) is 29.4 Å². The second-order valence-corrected chi connectivity index (χ2v) is 6.55. The molecule has 13 heteroatoms. The Labute approximate surface area is 165 Å². The molecule has 0 unspecified atom stereocenters. The molecule has 0 aliphatic heterocycles. The van der Waals surface area contributed by atoms with Crippen molar-refractivity contribution < 1.29 is 27.6 Å². The van der Waals surface area contributed by atoms with Crippen LogP contribution in [0, 0.1) is 10.1 Å². The van der Waals surface area contributed by atoms with Gasteiger partial charge in [-0.15, -0.1) is 10.2 Å². The number of nitrogens with one attached hydrogen (secondary N) is 1. The van der Waals surface area contributed by atoms with Gasteiger partial charge in [-0.1, -0.05) is 11.8 Å². The Morgan fingerprint density at radius 1 is 1.31 bits per heavy atom. The first kappa shape index (κ1) is 20.4. The molecule has 9 nitrogen and oxygen atoms in total. The number of fused-ring (bicyclic) bond motifs is 1. The maximum absolute atomic E-state index is 12.9. The molecule has 29 heavy (non-hydrogen) atoms. The van der Waals surface area contributed by atoms with Crippen LogP contribution in [0.5, 0.6) is 5.75 Å². The molecule has 0 radical (unpaired) electrons. The first-order valence-electron chi connectivity index (χ1n) is 7.86. The number of anilines is 1. The van der Waals surface area contributed by atoms with Crippen LogP contribution in [0.2, 0.25) is 0 Å². The van der Waals surface area contributed by atoms with Gasteiger partial charge < -0.3 is 10.1 Å². The van der Waals surface area contributed by atoms with E-state index in [1.165, 1.54) is 25.3 Å². The predicted octanol–water partition coefficient (Wildman–Crippen LogP) is 3.40. The van der Waals surface area contributed by atoms with Gasteiger partial charge in [0.1, 0.15) is 11.4 Å². The lowest BCUT2D eigenvalue weighted by molar-refractivity contribution is -0.384. The normalized spacial score (nSPS) is 11.4. The van der Waals surface area contributed by atoms with Crippen molar-refractivity contribution in [3.63, 3.8) is 0 Å². The van der Waals surface area contributed by atoms with Gasteiger partial charge in [0.2, 0.25) is 5.91 Å². The highest BCUT2D eigenvalue weighted by molar-refractivity contribution is 7.99. The Morgan fingerprint density at radius 3 is 2.72 bits per heavy atom. The second-order valence-electron chi connectivity index (χ2n) is 5.60. The molecular formula is C16H12F3N5O4S. The molecule has 0 aliphatic rings. The van der Waals surface area contributed by atoms with Gasteiger partial charge in [-0.2, -0.15) is 13.2 Å². The van der Waals surface area contributed by atoms with Crippen LogP contribution < -0.4 is 10.1 Å². The van der Waals surface area contributed by atoms with Gasteiger partial charge in [0.15, 0.2) is 10.8 Å². The molecule has 1 aromatic carbocycles. The van der Waals surface area contributed by atoms with Crippen molar-refractivity contribution in [3.05, 3.63) is 52.2 Å². The summed E-state index contributed by atoms with van der Waals surface area (Å²) in [4.78, 5) is 22.7. The third-order valence-corrected chi connectivity index (χ3v) is 4.65. The van der Waals surface area contributed by atoms with E-state index in [1.54, 1.807) is 0 Å². The van der Waals surface area contributed by atoms with E-state index in [4.69, 9.17) is 4.74 Å². The summed E-state index contributed by atoms with van der Waals surface area (Å²) in [6.45, 7) is 0. The van der Waals surface area contributed by atoms with Crippen molar-refractivity contribution in [2.24, 2.45) is 0 Å². The zero-order valence-electron chi connectivity index (χ0n) is 14.6. The van der Waals surface area contributed by atoms with Crippen LogP contribution in [0.25, 0.3) is 5.65 Å². The van der Waals surface area contributed by atoms with E-state index in [0.29, 0.717) is 0 Å². The minimum absolute atomic E-state index is 0.0353. The lowest BCUT2D eigenvalue weighted by atomic mass is 10.2. The van der Waals surface area contributed by atoms with E-state index >= 15 is 0 Å². The van der Waals surface area contributed by atoms with Gasteiger partial charge in [0.25, 0.3) is 5.69 Å². The molecule has 0 aliphatic carbocycles. The highest BCUT2D eigenvalue weighted by Crippen LogP contribution is 2.31. The minimum Gasteiger partial charge on any atom is -0.496 e. The number of rotatable bonds is 6. The third-order valence-electron chi connectivity index (χ3n) is 3.71. The summed E-state index contributed by atoms with van der Waals surface area (Å²) < 4.78 is 44.7. The fourth-order valence-electron chi connectivity index (χ4n) is 2.35. The summed E-state index contributed by atoms with van der Waals surface area (Å²) in [5, 5.41) is 21.1. The third kappa shape index (κ3) is 4.56. The van der Waals surface area contributed by atoms with E-state index < -0.39 is 22.6 Å². The lowest BCUT2D eigenvalue weighted by Crippen LogP contribution is -2.15. The van der Waals surface area contributed by atoms with E-state index in [9.17, 15) is 28.1 Å². The number of nitro groups is 1. The summed E-state index contributed by atoms with van der Waals surface area (Å²) >= 11 is 0.841. The van der Waals surface area contributed by atoms with Crippen LogP contribution in [0.15, 0.2) is 41.7 Å². The monoisotopic (exact) mass is 427 g/mol. The number of halogens is 3. The minimum atomic E-state index is -4.54. The molecule has 1 amide bonds. The number of carbonyl (C=O) groups is 1. The number of amides is 1. The van der Waals surface area contributed by atoms with E-state index in [-0.39, 0.29) is 33.7 Å².